The summed E-state index contributed by atoms with van der Waals surface area (Å²) in [5.41, 5.74) is 4.95. The van der Waals surface area contributed by atoms with E-state index in [1.165, 1.54) is 6.42 Å². The highest BCUT2D eigenvalue weighted by molar-refractivity contribution is 5.83. The lowest BCUT2D eigenvalue weighted by atomic mass is 9.86. The number of esters is 1. The van der Waals surface area contributed by atoms with Gasteiger partial charge in [0.25, 0.3) is 5.91 Å². The summed E-state index contributed by atoms with van der Waals surface area (Å²) in [4.78, 5) is 34.4. The zero-order valence-electron chi connectivity index (χ0n) is 14.8. The third kappa shape index (κ3) is 8.17. The highest BCUT2D eigenvalue weighted by Gasteiger charge is 2.26. The number of rotatable bonds is 9. The summed E-state index contributed by atoms with van der Waals surface area (Å²) in [5, 5.41) is 5.49. The third-order valence-electron chi connectivity index (χ3n) is 4.47. The van der Waals surface area contributed by atoms with Gasteiger partial charge in [-0.3, -0.25) is 9.59 Å². The van der Waals surface area contributed by atoms with E-state index in [0.717, 1.165) is 32.1 Å². The molecule has 7 heteroatoms. The lowest BCUT2D eigenvalue weighted by Gasteiger charge is -2.30. The van der Waals surface area contributed by atoms with Crippen molar-refractivity contribution < 1.29 is 19.1 Å². The number of urea groups is 1. The molecule has 1 aliphatic rings. The fourth-order valence-corrected chi connectivity index (χ4v) is 2.92. The lowest BCUT2D eigenvalue weighted by molar-refractivity contribution is -0.155. The highest BCUT2D eigenvalue weighted by Crippen LogP contribution is 2.23. The zero-order valence-corrected chi connectivity index (χ0v) is 14.8. The van der Waals surface area contributed by atoms with Gasteiger partial charge in [-0.15, -0.1) is 0 Å². The average molecular weight is 341 g/mol. The number of primary amides is 1. The fraction of sp³-hybridized carbons (Fsp3) is 0.824. The van der Waals surface area contributed by atoms with Crippen molar-refractivity contribution in [3.8, 4) is 0 Å². The van der Waals surface area contributed by atoms with Gasteiger partial charge in [0, 0.05) is 19.0 Å². The van der Waals surface area contributed by atoms with Crippen molar-refractivity contribution in [1.82, 2.24) is 10.6 Å². The maximum atomic E-state index is 12.1. The second-order valence-corrected chi connectivity index (χ2v) is 6.61. The quantitative estimate of drug-likeness (QED) is 0.439. The highest BCUT2D eigenvalue weighted by atomic mass is 16.5. The van der Waals surface area contributed by atoms with Crippen LogP contribution in [0.3, 0.4) is 0 Å². The molecule has 0 radical (unpaired) electrons. The number of nitrogens with one attached hydrogen (secondary N) is 2. The van der Waals surface area contributed by atoms with Crippen LogP contribution in [0.15, 0.2) is 0 Å². The van der Waals surface area contributed by atoms with Crippen LogP contribution in [0.25, 0.3) is 0 Å². The second kappa shape index (κ2) is 10.9. The van der Waals surface area contributed by atoms with Crippen LogP contribution in [0.4, 0.5) is 4.79 Å². The van der Waals surface area contributed by atoms with Crippen molar-refractivity contribution in [2.45, 2.75) is 77.4 Å². The molecule has 0 aromatic carbocycles. The molecule has 0 unspecified atom stereocenters. The normalized spacial score (nSPS) is 21.6. The van der Waals surface area contributed by atoms with Crippen LogP contribution in [0, 0.1) is 5.92 Å². The second-order valence-electron chi connectivity index (χ2n) is 6.61. The van der Waals surface area contributed by atoms with Gasteiger partial charge in [0.1, 0.15) is 0 Å². The Bertz CT molecular complexity index is 428. The number of amides is 3. The van der Waals surface area contributed by atoms with Crippen LogP contribution >= 0.6 is 0 Å². The average Bonchev–Trinajstić information content (AvgIpc) is 2.52. The zero-order chi connectivity index (χ0) is 17.9. The fourth-order valence-electron chi connectivity index (χ4n) is 2.92. The Hall–Kier alpha value is -1.79. The molecule has 3 amide bonds. The van der Waals surface area contributed by atoms with Gasteiger partial charge in [0.2, 0.25) is 0 Å². The van der Waals surface area contributed by atoms with Crippen molar-refractivity contribution in [3.05, 3.63) is 0 Å². The van der Waals surface area contributed by atoms with Crippen molar-refractivity contribution in [3.63, 3.8) is 0 Å². The number of ether oxygens (including phenoxy) is 1. The van der Waals surface area contributed by atoms with Gasteiger partial charge in [-0.05, 0) is 38.5 Å². The van der Waals surface area contributed by atoms with Gasteiger partial charge in [-0.1, -0.05) is 26.2 Å². The predicted octanol–water partition coefficient (Wildman–Crippen LogP) is 1.84. The molecule has 1 saturated carbocycles. The lowest BCUT2D eigenvalue weighted by Crippen LogP contribution is -2.45. The van der Waals surface area contributed by atoms with Crippen molar-refractivity contribution in [2.24, 2.45) is 11.7 Å². The summed E-state index contributed by atoms with van der Waals surface area (Å²) < 4.78 is 5.19. The van der Waals surface area contributed by atoms with E-state index < -0.39 is 12.1 Å². The van der Waals surface area contributed by atoms with Gasteiger partial charge in [0.15, 0.2) is 6.10 Å². The first kappa shape index (κ1) is 20.3. The van der Waals surface area contributed by atoms with E-state index in [4.69, 9.17) is 10.5 Å². The number of carbonyl (C=O) groups is 3. The molecule has 0 aromatic rings. The molecule has 0 heterocycles. The summed E-state index contributed by atoms with van der Waals surface area (Å²) in [6.07, 6.45) is 6.18. The van der Waals surface area contributed by atoms with Crippen LogP contribution in [0.5, 0.6) is 0 Å². The third-order valence-corrected chi connectivity index (χ3v) is 4.47. The van der Waals surface area contributed by atoms with E-state index in [2.05, 4.69) is 17.6 Å². The van der Waals surface area contributed by atoms with Gasteiger partial charge in [-0.2, -0.15) is 0 Å². The number of hydrogen-bond donors (Lipinski definition) is 3. The Morgan fingerprint density at radius 2 is 1.88 bits per heavy atom. The van der Waals surface area contributed by atoms with Crippen LogP contribution in [0.2, 0.25) is 0 Å². The van der Waals surface area contributed by atoms with E-state index in [9.17, 15) is 14.4 Å². The number of carbonyl (C=O) groups excluding carboxylic acids is 3. The summed E-state index contributed by atoms with van der Waals surface area (Å²) in [5.74, 6) is -0.107. The molecule has 0 aromatic heterocycles. The maximum absolute atomic E-state index is 12.1. The van der Waals surface area contributed by atoms with Crippen molar-refractivity contribution in [1.29, 1.82) is 0 Å². The molecule has 3 atom stereocenters. The summed E-state index contributed by atoms with van der Waals surface area (Å²) >= 11 is 0. The topological polar surface area (TPSA) is 111 Å². The molecule has 1 aliphatic carbocycles. The predicted molar refractivity (Wildman–Crippen MR) is 91.2 cm³/mol. The molecule has 0 saturated heterocycles. The molecular formula is C17H31N3O4. The summed E-state index contributed by atoms with van der Waals surface area (Å²) in [7, 11) is 0. The molecule has 7 nitrogen and oxygen atoms in total. The molecule has 24 heavy (non-hydrogen) atoms. The van der Waals surface area contributed by atoms with E-state index in [1.54, 1.807) is 6.92 Å². The number of nitrogens with two attached hydrogens (primary N) is 1. The minimum atomic E-state index is -0.761. The summed E-state index contributed by atoms with van der Waals surface area (Å²) in [6.45, 7) is 4.26. The summed E-state index contributed by atoms with van der Waals surface area (Å²) in [6, 6.07) is -0.355. The van der Waals surface area contributed by atoms with Crippen molar-refractivity contribution >= 4 is 17.9 Å². The van der Waals surface area contributed by atoms with Crippen LogP contribution in [-0.4, -0.2) is 36.6 Å². The van der Waals surface area contributed by atoms with E-state index in [1.807, 2.05) is 0 Å². The van der Waals surface area contributed by atoms with Crippen LogP contribution in [-0.2, 0) is 14.3 Å². The molecule has 0 aliphatic heterocycles. The molecule has 0 bridgehead atoms. The Labute approximate surface area is 144 Å². The SMILES string of the molecule is C[C@@H](OC(=O)CCCCCNC(N)=O)C(=O)N[C@H]1CCCC[C@@H]1C. The molecule has 1 rings (SSSR count). The van der Waals surface area contributed by atoms with Crippen LogP contribution < -0.4 is 16.4 Å². The first-order chi connectivity index (χ1) is 11.4. The Kier molecular flexibility index (Phi) is 9.19. The standard InChI is InChI=1S/C17H31N3O4/c1-12-8-5-6-9-14(12)20-16(22)13(2)24-15(21)10-4-3-7-11-19-17(18)23/h12-14H,3-11H2,1-2H3,(H,20,22)(H3,18,19,23)/t12-,13+,14-/m0/s1. The Morgan fingerprint density at radius 3 is 2.54 bits per heavy atom. The van der Waals surface area contributed by atoms with E-state index in [-0.39, 0.29) is 24.3 Å². The minimum absolute atomic E-state index is 0.185. The minimum Gasteiger partial charge on any atom is -0.453 e. The monoisotopic (exact) mass is 341 g/mol. The van der Waals surface area contributed by atoms with E-state index in [0.29, 0.717) is 18.9 Å². The molecule has 1 fully saturated rings. The smallest absolute Gasteiger partial charge is 0.312 e. The van der Waals surface area contributed by atoms with Crippen LogP contribution in [0.1, 0.15) is 65.2 Å². The Morgan fingerprint density at radius 1 is 1.17 bits per heavy atom. The van der Waals surface area contributed by atoms with Crippen molar-refractivity contribution in [2.75, 3.05) is 6.54 Å². The molecule has 0 spiro atoms. The first-order valence-corrected chi connectivity index (χ1v) is 8.93. The largest absolute Gasteiger partial charge is 0.453 e. The van der Waals surface area contributed by atoms with Gasteiger partial charge in [-0.25, -0.2) is 4.79 Å². The maximum Gasteiger partial charge on any atom is 0.312 e. The number of hydrogen-bond acceptors (Lipinski definition) is 4. The molecule has 4 N–H and O–H groups in total. The van der Waals surface area contributed by atoms with E-state index >= 15 is 0 Å². The number of unbranched alkanes of at least 4 members (excludes halogenated alkanes) is 2. The molecular weight excluding hydrogens is 310 g/mol. The first-order valence-electron chi connectivity index (χ1n) is 8.93. The van der Waals surface area contributed by atoms with Gasteiger partial charge >= 0.3 is 12.0 Å². The molecule has 138 valence electrons. The Balaban J connectivity index is 2.16. The van der Waals surface area contributed by atoms with Gasteiger partial charge < -0.3 is 21.1 Å². The van der Waals surface area contributed by atoms with Gasteiger partial charge in [0.05, 0.1) is 0 Å².